The van der Waals surface area contributed by atoms with E-state index in [4.69, 9.17) is 0 Å². The number of rotatable bonds is 0. The van der Waals surface area contributed by atoms with E-state index in [1.165, 1.54) is 12.8 Å². The van der Waals surface area contributed by atoms with Crippen LogP contribution >= 0.6 is 0 Å². The second kappa shape index (κ2) is 4.79. The zero-order valence-corrected chi connectivity index (χ0v) is 8.91. The summed E-state index contributed by atoms with van der Waals surface area (Å²) in [5.74, 6) is 1.16. The summed E-state index contributed by atoms with van der Waals surface area (Å²) in [6.07, 6.45) is 6.16. The van der Waals surface area contributed by atoms with Gasteiger partial charge in [0, 0.05) is 0 Å². The van der Waals surface area contributed by atoms with Crippen LogP contribution in [0.2, 0.25) is 0 Å². The summed E-state index contributed by atoms with van der Waals surface area (Å²) >= 11 is 0. The van der Waals surface area contributed by atoms with Crippen molar-refractivity contribution in [3.63, 3.8) is 0 Å². The molecule has 0 heteroatoms. The summed E-state index contributed by atoms with van der Waals surface area (Å²) in [6.45, 7) is 10.4. The number of hydrogen-bond acceptors (Lipinski definition) is 0. The molecule has 0 amide bonds. The molecule has 0 heterocycles. The van der Waals surface area contributed by atoms with Crippen LogP contribution in [0.4, 0.5) is 0 Å². The van der Waals surface area contributed by atoms with Crippen molar-refractivity contribution in [3.05, 3.63) is 0 Å². The average Bonchev–Trinajstić information content (AvgIpc) is 2.54. The first kappa shape index (κ1) is 11.0. The van der Waals surface area contributed by atoms with Gasteiger partial charge in [0.15, 0.2) is 0 Å². The van der Waals surface area contributed by atoms with Crippen LogP contribution in [0.5, 0.6) is 0 Å². The Hall–Kier alpha value is 0. The highest BCUT2D eigenvalue weighted by Crippen LogP contribution is 2.58. The summed E-state index contributed by atoms with van der Waals surface area (Å²) in [6, 6.07) is 0. The van der Waals surface area contributed by atoms with E-state index in [1.54, 1.807) is 12.8 Å². The molecule has 0 radical (unpaired) electrons. The third-order valence-electron chi connectivity index (χ3n) is 2.72. The zero-order chi connectivity index (χ0) is 8.91. The zero-order valence-electron chi connectivity index (χ0n) is 8.91. The molecule has 0 spiro atoms. The van der Waals surface area contributed by atoms with Crippen molar-refractivity contribution in [2.24, 2.45) is 11.3 Å². The topological polar surface area (TPSA) is 0 Å². The first-order valence-electron chi connectivity index (χ1n) is 5.29. The van der Waals surface area contributed by atoms with Gasteiger partial charge in [-0.2, -0.15) is 0 Å². The van der Waals surface area contributed by atoms with Gasteiger partial charge in [-0.15, -0.1) is 0 Å². The molecule has 0 unspecified atom stereocenters. The van der Waals surface area contributed by atoms with E-state index in [9.17, 15) is 0 Å². The van der Waals surface area contributed by atoms with E-state index in [0.29, 0.717) is 0 Å². The lowest BCUT2D eigenvalue weighted by Gasteiger charge is -2.34. The quantitative estimate of drug-likeness (QED) is 0.492. The highest BCUT2D eigenvalue weighted by Gasteiger charge is 2.46. The molecule has 0 aliphatic heterocycles. The maximum atomic E-state index is 2.43. The van der Waals surface area contributed by atoms with Gasteiger partial charge in [0.25, 0.3) is 0 Å². The minimum atomic E-state index is 0.838. The lowest BCUT2D eigenvalue weighted by Crippen LogP contribution is -2.23. The third kappa shape index (κ3) is 2.50. The van der Waals surface area contributed by atoms with E-state index in [1.807, 2.05) is 27.7 Å². The van der Waals surface area contributed by atoms with Gasteiger partial charge in [-0.3, -0.25) is 0 Å². The van der Waals surface area contributed by atoms with E-state index in [2.05, 4.69) is 6.92 Å². The Balaban J connectivity index is 0.000000222. The summed E-state index contributed by atoms with van der Waals surface area (Å²) in [4.78, 5) is 0. The fourth-order valence-electron chi connectivity index (χ4n) is 2.29. The predicted octanol–water partition coefficient (Wildman–Crippen LogP) is 4.25. The van der Waals surface area contributed by atoms with Gasteiger partial charge >= 0.3 is 0 Å². The first-order chi connectivity index (χ1) is 5.29. The molecular weight excluding hydrogens is 132 g/mol. The van der Waals surface area contributed by atoms with Crippen molar-refractivity contribution in [1.29, 1.82) is 0 Å². The minimum absolute atomic E-state index is 0.838. The molecular formula is C11H24. The van der Waals surface area contributed by atoms with Crippen LogP contribution in [-0.2, 0) is 0 Å². The van der Waals surface area contributed by atoms with E-state index in [-0.39, 0.29) is 0 Å². The average molecular weight is 156 g/mol. The molecule has 3 fully saturated rings. The monoisotopic (exact) mass is 156 g/mol. The van der Waals surface area contributed by atoms with Gasteiger partial charge in [0.05, 0.1) is 0 Å². The molecule has 0 atom stereocenters. The fraction of sp³-hybridized carbons (Fsp3) is 1.00. The number of hydrogen-bond donors (Lipinski definition) is 0. The molecule has 0 aromatic carbocycles. The van der Waals surface area contributed by atoms with E-state index < -0.39 is 0 Å². The standard InChI is InChI=1S/C7H12.2C2H6/c1-7-3-2-6(4-7)5-7;2*1-2/h6H,2-5H2,1H3;2*1-2H3. The van der Waals surface area contributed by atoms with Crippen LogP contribution in [0, 0.1) is 11.3 Å². The summed E-state index contributed by atoms with van der Waals surface area (Å²) in [7, 11) is 0. The molecule has 68 valence electrons. The Kier molecular flexibility index (Phi) is 4.79. The van der Waals surface area contributed by atoms with Crippen molar-refractivity contribution in [3.8, 4) is 0 Å². The molecule has 3 saturated carbocycles. The van der Waals surface area contributed by atoms with Crippen molar-refractivity contribution in [2.45, 2.75) is 60.3 Å². The van der Waals surface area contributed by atoms with Gasteiger partial charge in [-0.25, -0.2) is 0 Å². The SMILES string of the molecule is CC.CC.CC12CCC(C1)C2. The van der Waals surface area contributed by atoms with Crippen molar-refractivity contribution >= 4 is 0 Å². The lowest BCUT2D eigenvalue weighted by molar-refractivity contribution is 0.171. The molecule has 3 aliphatic carbocycles. The van der Waals surface area contributed by atoms with E-state index >= 15 is 0 Å². The molecule has 0 aromatic heterocycles. The van der Waals surface area contributed by atoms with Crippen molar-refractivity contribution in [2.75, 3.05) is 0 Å². The molecule has 0 saturated heterocycles. The Morgan fingerprint density at radius 2 is 1.45 bits per heavy atom. The highest BCUT2D eigenvalue weighted by atomic mass is 14.5. The van der Waals surface area contributed by atoms with Crippen LogP contribution in [0.15, 0.2) is 0 Å². The highest BCUT2D eigenvalue weighted by molar-refractivity contribution is 4.97. The van der Waals surface area contributed by atoms with Crippen LogP contribution < -0.4 is 0 Å². The lowest BCUT2D eigenvalue weighted by atomic mass is 9.71. The van der Waals surface area contributed by atoms with Gasteiger partial charge in [0.2, 0.25) is 0 Å². The summed E-state index contributed by atoms with van der Waals surface area (Å²) in [5.41, 5.74) is 0.838. The van der Waals surface area contributed by atoms with Crippen LogP contribution in [0.25, 0.3) is 0 Å². The molecule has 2 bridgehead atoms. The van der Waals surface area contributed by atoms with Crippen molar-refractivity contribution in [1.82, 2.24) is 0 Å². The smallest absolute Gasteiger partial charge is 0.0320 e. The molecule has 0 aromatic rings. The molecule has 0 N–H and O–H groups in total. The van der Waals surface area contributed by atoms with Crippen LogP contribution in [-0.4, -0.2) is 0 Å². The maximum absolute atomic E-state index is 2.43. The summed E-state index contributed by atoms with van der Waals surface area (Å²) < 4.78 is 0. The Morgan fingerprint density at radius 3 is 1.55 bits per heavy atom. The molecule has 3 rings (SSSR count). The first-order valence-corrected chi connectivity index (χ1v) is 5.29. The largest absolute Gasteiger partial charge is 0.0683 e. The third-order valence-corrected chi connectivity index (χ3v) is 2.72. The Labute approximate surface area is 72.4 Å². The maximum Gasteiger partial charge on any atom is -0.0320 e. The fourth-order valence-corrected chi connectivity index (χ4v) is 2.29. The summed E-state index contributed by atoms with van der Waals surface area (Å²) in [5, 5.41) is 0. The number of fused-ring (bicyclic) bond motifs is 1. The molecule has 0 nitrogen and oxygen atoms in total. The second-order valence-electron chi connectivity index (χ2n) is 3.62. The van der Waals surface area contributed by atoms with Gasteiger partial charge in [-0.05, 0) is 37.0 Å². The Bertz CT molecular complexity index is 82.7. The van der Waals surface area contributed by atoms with Gasteiger partial charge in [-0.1, -0.05) is 34.6 Å². The van der Waals surface area contributed by atoms with Gasteiger partial charge < -0.3 is 0 Å². The molecule has 3 aliphatic rings. The molecule has 11 heavy (non-hydrogen) atoms. The Morgan fingerprint density at radius 1 is 1.00 bits per heavy atom. The van der Waals surface area contributed by atoms with E-state index in [0.717, 1.165) is 11.3 Å². The van der Waals surface area contributed by atoms with Crippen LogP contribution in [0.3, 0.4) is 0 Å². The predicted molar refractivity (Wildman–Crippen MR) is 52.8 cm³/mol. The second-order valence-corrected chi connectivity index (χ2v) is 3.62. The minimum Gasteiger partial charge on any atom is -0.0683 e. The van der Waals surface area contributed by atoms with Crippen molar-refractivity contribution < 1.29 is 0 Å². The normalized spacial score (nSPS) is 37.4. The van der Waals surface area contributed by atoms with Crippen LogP contribution in [0.1, 0.15) is 60.3 Å². The van der Waals surface area contributed by atoms with Gasteiger partial charge in [0.1, 0.15) is 0 Å².